The number of aldehydes is 1. The second kappa shape index (κ2) is 19.7. The summed E-state index contributed by atoms with van der Waals surface area (Å²) in [5, 5.41) is 11.7. The van der Waals surface area contributed by atoms with Crippen LogP contribution in [0.3, 0.4) is 0 Å². The van der Waals surface area contributed by atoms with E-state index in [2.05, 4.69) is 79.8 Å². The Morgan fingerprint density at radius 1 is 0.633 bits per heavy atom. The number of unbranched alkanes of at least 4 members (excludes halogenated alkanes) is 5. The molecule has 0 fully saturated rings. The quantitative estimate of drug-likeness (QED) is 0.0571. The smallest absolute Gasteiger partial charge is 0.119 e. The molecule has 60 heavy (non-hydrogen) atoms. The van der Waals surface area contributed by atoms with Crippen LogP contribution in [-0.4, -0.2) is 35.5 Å². The molecule has 0 amide bonds. The lowest BCUT2D eigenvalue weighted by molar-refractivity contribution is -0.107. The molecule has 0 aliphatic rings. The Balaban J connectivity index is 1.15. The number of nitrogens with zero attached hydrogens (tertiary/aromatic N) is 4. The molecule has 0 saturated carbocycles. The van der Waals surface area contributed by atoms with Crippen molar-refractivity contribution < 1.29 is 9.90 Å². The Hall–Kier alpha value is -3.49. The first-order valence-electron chi connectivity index (χ1n) is 21.4. The standard InChI is InChI=1S/C48H52N4O2S6/c1-5-8-12-23-48(4,22-7-3)41-28-32(17-11-14-25-54)47(58-41)39-21-19-37(56-39)36-18-20-38(55-36)46-31(16-10-9-13-24-53)27-40(57-46)35-29-34-33(44-45(35)52-60-51-44)26-30(15-6-2)42-43(34)50-59-49-42/h6,15,18-21,24,26-29,54H,5,7-14,16-17,22-23,25H2,1-4H3/b15-6-. The Bertz CT molecular complexity index is 2740. The van der Waals surface area contributed by atoms with Crippen molar-refractivity contribution in [3.8, 4) is 39.7 Å². The number of aryl methyl sites for hydroxylation is 2. The van der Waals surface area contributed by atoms with Crippen molar-refractivity contribution >= 4 is 114 Å². The van der Waals surface area contributed by atoms with Crippen molar-refractivity contribution in [1.82, 2.24) is 17.5 Å². The fraction of sp³-hybridized carbons (Fsp3) is 0.396. The van der Waals surface area contributed by atoms with Gasteiger partial charge in [0.05, 0.1) is 23.5 Å². The Morgan fingerprint density at radius 3 is 1.95 bits per heavy atom. The summed E-state index contributed by atoms with van der Waals surface area (Å²) in [7, 11) is 0. The van der Waals surface area contributed by atoms with Gasteiger partial charge in [0.15, 0.2) is 0 Å². The van der Waals surface area contributed by atoms with Crippen LogP contribution < -0.4 is 0 Å². The number of thiophene rings is 4. The van der Waals surface area contributed by atoms with Crippen LogP contribution >= 0.6 is 68.8 Å². The number of benzene rings is 2. The molecular weight excluding hydrogens is 857 g/mol. The molecule has 6 aromatic heterocycles. The van der Waals surface area contributed by atoms with Gasteiger partial charge in [-0.15, -0.1) is 45.3 Å². The van der Waals surface area contributed by atoms with Gasteiger partial charge in [-0.25, -0.2) is 0 Å². The maximum Gasteiger partial charge on any atom is 0.119 e. The van der Waals surface area contributed by atoms with E-state index in [1.807, 2.05) is 58.3 Å². The normalized spacial score (nSPS) is 13.2. The van der Waals surface area contributed by atoms with Crippen LogP contribution in [0, 0.1) is 0 Å². The highest BCUT2D eigenvalue weighted by Gasteiger charge is 2.29. The minimum atomic E-state index is 0.195. The molecular formula is C48H52N4O2S6. The summed E-state index contributed by atoms with van der Waals surface area (Å²) in [5.41, 5.74) is 8.72. The van der Waals surface area contributed by atoms with Crippen molar-refractivity contribution in [1.29, 1.82) is 0 Å². The molecule has 1 atom stereocenters. The topological polar surface area (TPSA) is 88.9 Å². The molecule has 0 saturated heterocycles. The van der Waals surface area contributed by atoms with E-state index in [-0.39, 0.29) is 12.0 Å². The first-order chi connectivity index (χ1) is 29.4. The number of rotatable bonds is 21. The zero-order chi connectivity index (χ0) is 41.6. The van der Waals surface area contributed by atoms with Gasteiger partial charge < -0.3 is 9.90 Å². The van der Waals surface area contributed by atoms with Crippen molar-refractivity contribution in [3.05, 3.63) is 76.2 Å². The van der Waals surface area contributed by atoms with Gasteiger partial charge in [-0.05, 0) is 118 Å². The molecule has 1 unspecified atom stereocenters. The average molecular weight is 909 g/mol. The van der Waals surface area contributed by atoms with Crippen molar-refractivity contribution in [2.45, 2.75) is 117 Å². The number of aliphatic hydroxyl groups is 1. The number of hydrogen-bond donors (Lipinski definition) is 1. The number of aliphatic hydroxyl groups excluding tert-OH is 1. The van der Waals surface area contributed by atoms with Crippen molar-refractivity contribution in [3.63, 3.8) is 0 Å². The van der Waals surface area contributed by atoms with Crippen molar-refractivity contribution in [2.75, 3.05) is 6.61 Å². The Morgan fingerprint density at radius 2 is 1.27 bits per heavy atom. The van der Waals surface area contributed by atoms with Crippen LogP contribution in [0.25, 0.3) is 78.6 Å². The Labute approximate surface area is 377 Å². The van der Waals surface area contributed by atoms with Gasteiger partial charge in [0, 0.05) is 79.4 Å². The largest absolute Gasteiger partial charge is 0.396 e. The molecule has 0 aliphatic carbocycles. The van der Waals surface area contributed by atoms with E-state index in [0.29, 0.717) is 6.42 Å². The molecule has 0 aliphatic heterocycles. The minimum Gasteiger partial charge on any atom is -0.396 e. The van der Waals surface area contributed by atoms with Crippen LogP contribution in [-0.2, 0) is 23.1 Å². The van der Waals surface area contributed by atoms with E-state index in [9.17, 15) is 9.90 Å². The number of aromatic nitrogens is 4. The average Bonchev–Trinajstić information content (AvgIpc) is 4.10. The van der Waals surface area contributed by atoms with E-state index < -0.39 is 0 Å². The summed E-state index contributed by atoms with van der Waals surface area (Å²) >= 11 is 10.1. The molecule has 12 heteroatoms. The summed E-state index contributed by atoms with van der Waals surface area (Å²) in [4.78, 5) is 21.8. The number of carbonyl (C=O) groups is 1. The fourth-order valence-corrected chi connectivity index (χ4v) is 14.7. The summed E-state index contributed by atoms with van der Waals surface area (Å²) in [6.07, 6.45) is 18.8. The third-order valence-corrected chi connectivity index (χ3v) is 18.1. The molecule has 312 valence electrons. The van der Waals surface area contributed by atoms with Gasteiger partial charge in [0.25, 0.3) is 0 Å². The second-order valence-corrected chi connectivity index (χ2v) is 21.4. The van der Waals surface area contributed by atoms with Gasteiger partial charge >= 0.3 is 0 Å². The summed E-state index contributed by atoms with van der Waals surface area (Å²) in [6.45, 7) is 9.37. The van der Waals surface area contributed by atoms with E-state index >= 15 is 0 Å². The molecule has 1 N–H and O–H groups in total. The third kappa shape index (κ3) is 8.89. The lowest BCUT2D eigenvalue weighted by atomic mass is 9.79. The lowest BCUT2D eigenvalue weighted by Gasteiger charge is -2.28. The molecule has 0 spiro atoms. The Kier molecular flexibility index (Phi) is 14.2. The van der Waals surface area contributed by atoms with Gasteiger partial charge in [-0.1, -0.05) is 58.6 Å². The van der Waals surface area contributed by atoms with Gasteiger partial charge in [-0.3, -0.25) is 0 Å². The molecule has 6 nitrogen and oxygen atoms in total. The SMILES string of the molecule is C/C=C\c1cc2c(cc(-c3cc(CCCCC=O)c(-c4ccc(-c5ccc(-c6sc(C(C)(CCC)CCCCC)cc6CCCCO)s5)s4)s3)c3nsnc32)c2nsnc12. The van der Waals surface area contributed by atoms with Gasteiger partial charge in [-0.2, -0.15) is 17.5 Å². The third-order valence-electron chi connectivity index (χ3n) is 11.6. The van der Waals surface area contributed by atoms with E-state index in [1.54, 1.807) is 0 Å². The maximum atomic E-state index is 11.2. The zero-order valence-electron chi connectivity index (χ0n) is 34.8. The molecule has 0 bridgehead atoms. The second-order valence-electron chi connectivity index (χ2n) is 16.0. The minimum absolute atomic E-state index is 0.195. The first-order valence-corrected chi connectivity index (χ1v) is 26.1. The maximum absolute atomic E-state index is 11.2. The van der Waals surface area contributed by atoms with Crippen LogP contribution in [0.1, 0.15) is 120 Å². The van der Waals surface area contributed by atoms with Gasteiger partial charge in [0.2, 0.25) is 0 Å². The highest BCUT2D eigenvalue weighted by Crippen LogP contribution is 2.50. The van der Waals surface area contributed by atoms with E-state index in [0.717, 1.165) is 88.8 Å². The monoisotopic (exact) mass is 908 g/mol. The first kappa shape index (κ1) is 43.2. The summed E-state index contributed by atoms with van der Waals surface area (Å²) < 4.78 is 19.1. The highest BCUT2D eigenvalue weighted by molar-refractivity contribution is 7.29. The van der Waals surface area contributed by atoms with Crippen LogP contribution in [0.5, 0.6) is 0 Å². The predicted molar refractivity (Wildman–Crippen MR) is 264 cm³/mol. The zero-order valence-corrected chi connectivity index (χ0v) is 39.7. The highest BCUT2D eigenvalue weighted by atomic mass is 32.1. The van der Waals surface area contributed by atoms with Crippen molar-refractivity contribution in [2.24, 2.45) is 0 Å². The summed E-state index contributed by atoms with van der Waals surface area (Å²) in [6, 6.07) is 18.6. The lowest BCUT2D eigenvalue weighted by Crippen LogP contribution is -2.20. The van der Waals surface area contributed by atoms with E-state index in [1.165, 1.54) is 112 Å². The molecule has 2 aromatic carbocycles. The number of hydrogen-bond acceptors (Lipinski definition) is 12. The number of allylic oxidation sites excluding steroid dienone is 1. The molecule has 8 rings (SSSR count). The molecule has 8 aromatic rings. The van der Waals surface area contributed by atoms with E-state index in [4.69, 9.17) is 13.1 Å². The fourth-order valence-electron chi connectivity index (χ4n) is 8.49. The predicted octanol–water partition coefficient (Wildman–Crippen LogP) is 15.7. The number of carbonyl (C=O) groups excluding carboxylic acids is 1. The van der Waals surface area contributed by atoms with Crippen LogP contribution in [0.2, 0.25) is 0 Å². The van der Waals surface area contributed by atoms with Gasteiger partial charge in [0.1, 0.15) is 28.4 Å². The number of fused-ring (bicyclic) bond motifs is 5. The molecule has 0 radical (unpaired) electrons. The summed E-state index contributed by atoms with van der Waals surface area (Å²) in [5.74, 6) is 0. The van der Waals surface area contributed by atoms with Crippen LogP contribution in [0.4, 0.5) is 0 Å². The van der Waals surface area contributed by atoms with Crippen LogP contribution in [0.15, 0.2) is 54.6 Å². The molecule has 6 heterocycles.